The summed E-state index contributed by atoms with van der Waals surface area (Å²) in [5, 5.41) is 0. The van der Waals surface area contributed by atoms with Crippen molar-refractivity contribution in [2.45, 2.75) is 18.8 Å². The third kappa shape index (κ3) is 2.64. The smallest absolute Gasteiger partial charge is 0.0667 e. The lowest BCUT2D eigenvalue weighted by molar-refractivity contribution is 0.711. The van der Waals surface area contributed by atoms with Gasteiger partial charge in [-0.25, -0.2) is 0 Å². The summed E-state index contributed by atoms with van der Waals surface area (Å²) in [5.74, 6) is 0. The summed E-state index contributed by atoms with van der Waals surface area (Å²) in [4.78, 5) is 0. The number of hydrogen-bond donors (Lipinski definition) is 0. The fourth-order valence-electron chi connectivity index (χ4n) is 4.05. The second-order valence-electron chi connectivity index (χ2n) is 6.67. The third-order valence-electron chi connectivity index (χ3n) is 5.15. The number of allylic oxidation sites excluding steroid dienone is 4. The lowest BCUT2D eigenvalue weighted by Crippen LogP contribution is -2.31. The predicted octanol–water partition coefficient (Wildman–Crippen LogP) is 6.30. The van der Waals surface area contributed by atoms with Gasteiger partial charge < -0.3 is 0 Å². The van der Waals surface area contributed by atoms with E-state index < -0.39 is 0 Å². The van der Waals surface area contributed by atoms with Crippen molar-refractivity contribution >= 4 is 0 Å². The minimum Gasteiger partial charge on any atom is -0.0775 e. The molecular weight excluding hydrogens is 300 g/mol. The summed E-state index contributed by atoms with van der Waals surface area (Å²) in [6.07, 6.45) is 5.69. The predicted molar refractivity (Wildman–Crippen MR) is 106 cm³/mol. The van der Waals surface area contributed by atoms with Crippen LogP contribution in [0.1, 0.15) is 30.0 Å². The maximum atomic E-state index is 2.37. The molecule has 0 saturated carbocycles. The SMILES string of the molecule is CC1=CCC(C(c2ccccc2)(c2ccccc2)c2ccccc2)=C1. The molecule has 3 aromatic carbocycles. The van der Waals surface area contributed by atoms with Crippen LogP contribution in [0.25, 0.3) is 0 Å². The van der Waals surface area contributed by atoms with Crippen LogP contribution in [-0.2, 0) is 5.41 Å². The first kappa shape index (κ1) is 15.7. The monoisotopic (exact) mass is 322 g/mol. The lowest BCUT2D eigenvalue weighted by atomic mass is 9.64. The van der Waals surface area contributed by atoms with Gasteiger partial charge in [-0.3, -0.25) is 0 Å². The summed E-state index contributed by atoms with van der Waals surface area (Å²) < 4.78 is 0. The van der Waals surface area contributed by atoms with E-state index in [4.69, 9.17) is 0 Å². The second kappa shape index (κ2) is 6.57. The Kier molecular flexibility index (Phi) is 4.11. The number of rotatable bonds is 4. The molecular formula is C25H22. The van der Waals surface area contributed by atoms with Crippen LogP contribution in [0, 0.1) is 0 Å². The number of benzene rings is 3. The van der Waals surface area contributed by atoms with Crippen LogP contribution in [0.3, 0.4) is 0 Å². The van der Waals surface area contributed by atoms with Gasteiger partial charge in [0.25, 0.3) is 0 Å². The molecule has 1 aliphatic carbocycles. The van der Waals surface area contributed by atoms with E-state index in [1.54, 1.807) is 0 Å². The van der Waals surface area contributed by atoms with Crippen molar-refractivity contribution in [1.82, 2.24) is 0 Å². The van der Waals surface area contributed by atoms with E-state index >= 15 is 0 Å². The van der Waals surface area contributed by atoms with Gasteiger partial charge >= 0.3 is 0 Å². The van der Waals surface area contributed by atoms with Gasteiger partial charge in [-0.15, -0.1) is 0 Å². The Morgan fingerprint density at radius 1 is 0.600 bits per heavy atom. The van der Waals surface area contributed by atoms with Crippen LogP contribution in [0.2, 0.25) is 0 Å². The Bertz CT molecular complexity index is 803. The van der Waals surface area contributed by atoms with Crippen molar-refractivity contribution in [3.8, 4) is 0 Å². The summed E-state index contributed by atoms with van der Waals surface area (Å²) in [6.45, 7) is 2.19. The van der Waals surface area contributed by atoms with Crippen molar-refractivity contribution in [3.05, 3.63) is 131 Å². The zero-order valence-electron chi connectivity index (χ0n) is 14.5. The van der Waals surface area contributed by atoms with Crippen molar-refractivity contribution in [1.29, 1.82) is 0 Å². The van der Waals surface area contributed by atoms with Crippen LogP contribution in [-0.4, -0.2) is 0 Å². The van der Waals surface area contributed by atoms with Gasteiger partial charge in [0.05, 0.1) is 5.41 Å². The molecule has 0 atom stereocenters. The minimum atomic E-state index is -0.252. The van der Waals surface area contributed by atoms with Gasteiger partial charge in [-0.2, -0.15) is 0 Å². The highest BCUT2D eigenvalue weighted by molar-refractivity contribution is 5.61. The summed E-state index contributed by atoms with van der Waals surface area (Å²) in [5.41, 5.74) is 6.50. The highest BCUT2D eigenvalue weighted by Crippen LogP contribution is 2.48. The largest absolute Gasteiger partial charge is 0.0775 e. The molecule has 0 aliphatic heterocycles. The van der Waals surface area contributed by atoms with Gasteiger partial charge in [0.1, 0.15) is 0 Å². The number of hydrogen-bond acceptors (Lipinski definition) is 0. The second-order valence-corrected chi connectivity index (χ2v) is 6.67. The highest BCUT2D eigenvalue weighted by Gasteiger charge is 2.40. The molecule has 122 valence electrons. The van der Waals surface area contributed by atoms with Crippen LogP contribution < -0.4 is 0 Å². The first-order valence-corrected chi connectivity index (χ1v) is 8.86. The Balaban J connectivity index is 2.07. The average Bonchev–Trinajstić information content (AvgIpc) is 3.12. The van der Waals surface area contributed by atoms with E-state index in [1.807, 2.05) is 0 Å². The zero-order valence-corrected chi connectivity index (χ0v) is 14.5. The normalized spacial score (nSPS) is 14.1. The topological polar surface area (TPSA) is 0 Å². The molecule has 0 nitrogen and oxygen atoms in total. The first-order chi connectivity index (χ1) is 12.3. The molecule has 0 amide bonds. The van der Waals surface area contributed by atoms with E-state index in [0.29, 0.717) is 0 Å². The fourth-order valence-corrected chi connectivity index (χ4v) is 4.05. The summed E-state index contributed by atoms with van der Waals surface area (Å²) in [7, 11) is 0. The summed E-state index contributed by atoms with van der Waals surface area (Å²) >= 11 is 0. The molecule has 0 saturated heterocycles. The van der Waals surface area contributed by atoms with E-state index in [9.17, 15) is 0 Å². The summed E-state index contributed by atoms with van der Waals surface area (Å²) in [6, 6.07) is 32.7. The molecule has 0 heteroatoms. The van der Waals surface area contributed by atoms with Crippen molar-refractivity contribution in [3.63, 3.8) is 0 Å². The molecule has 4 rings (SSSR count). The maximum absolute atomic E-state index is 2.37. The third-order valence-corrected chi connectivity index (χ3v) is 5.15. The molecule has 0 aromatic heterocycles. The van der Waals surface area contributed by atoms with E-state index in [-0.39, 0.29) is 5.41 Å². The van der Waals surface area contributed by atoms with Gasteiger partial charge in [-0.1, -0.05) is 109 Å². The molecule has 0 unspecified atom stereocenters. The Hall–Kier alpha value is -2.86. The van der Waals surface area contributed by atoms with Gasteiger partial charge in [-0.05, 0) is 35.6 Å². The molecule has 25 heavy (non-hydrogen) atoms. The van der Waals surface area contributed by atoms with Crippen molar-refractivity contribution in [2.75, 3.05) is 0 Å². The van der Waals surface area contributed by atoms with E-state index in [1.165, 1.54) is 27.8 Å². The first-order valence-electron chi connectivity index (χ1n) is 8.86. The maximum Gasteiger partial charge on any atom is 0.0667 e. The van der Waals surface area contributed by atoms with E-state index in [2.05, 4.69) is 110 Å². The van der Waals surface area contributed by atoms with Crippen LogP contribution in [0.4, 0.5) is 0 Å². The molecule has 0 heterocycles. The van der Waals surface area contributed by atoms with Crippen LogP contribution >= 0.6 is 0 Å². The molecule has 0 bridgehead atoms. The van der Waals surface area contributed by atoms with Crippen molar-refractivity contribution < 1.29 is 0 Å². The quantitative estimate of drug-likeness (QED) is 0.495. The van der Waals surface area contributed by atoms with Crippen LogP contribution in [0.15, 0.2) is 114 Å². The standard InChI is InChI=1S/C25H22/c1-20-17-18-24(19-20)25(21-11-5-2-6-12-21,22-13-7-3-8-14-22)23-15-9-4-10-16-23/h2-17,19H,18H2,1H3. The van der Waals surface area contributed by atoms with Gasteiger partial charge in [0, 0.05) is 0 Å². The van der Waals surface area contributed by atoms with Gasteiger partial charge in [0.15, 0.2) is 0 Å². The zero-order chi connectivity index (χ0) is 17.1. The molecule has 0 N–H and O–H groups in total. The van der Waals surface area contributed by atoms with E-state index in [0.717, 1.165) is 6.42 Å². The Morgan fingerprint density at radius 2 is 1.00 bits per heavy atom. The Morgan fingerprint density at radius 3 is 1.32 bits per heavy atom. The Labute approximate surface area is 150 Å². The molecule has 0 fully saturated rings. The molecule has 0 radical (unpaired) electrons. The molecule has 0 spiro atoms. The minimum absolute atomic E-state index is 0.252. The molecule has 1 aliphatic rings. The average molecular weight is 322 g/mol. The van der Waals surface area contributed by atoms with Crippen molar-refractivity contribution in [2.24, 2.45) is 0 Å². The lowest BCUT2D eigenvalue weighted by Gasteiger charge is -2.37. The highest BCUT2D eigenvalue weighted by atomic mass is 14.4. The fraction of sp³-hybridized carbons (Fsp3) is 0.120. The van der Waals surface area contributed by atoms with Crippen LogP contribution in [0.5, 0.6) is 0 Å². The molecule has 3 aromatic rings. The van der Waals surface area contributed by atoms with Gasteiger partial charge in [0.2, 0.25) is 0 Å².